The van der Waals surface area contributed by atoms with Crippen molar-refractivity contribution in [3.8, 4) is 5.75 Å². The summed E-state index contributed by atoms with van der Waals surface area (Å²) in [6.45, 7) is 2.98. The van der Waals surface area contributed by atoms with Gasteiger partial charge in [0, 0.05) is 6.04 Å². The van der Waals surface area contributed by atoms with Gasteiger partial charge < -0.3 is 10.5 Å². The Morgan fingerprint density at radius 2 is 2.00 bits per heavy atom. The standard InChI is InChI=1S/C14H21NO/c1-2-14(15)12-6-8-13(9-7-12)16-10-11-4-3-5-11/h6-9,11,14H,2-5,10,15H2,1H3/t14-/m1/s1. The molecule has 0 aromatic heterocycles. The highest BCUT2D eigenvalue weighted by Gasteiger charge is 2.17. The molecule has 1 aliphatic rings. The molecule has 0 amide bonds. The Labute approximate surface area is 97.8 Å². The van der Waals surface area contributed by atoms with Crippen LogP contribution in [0.4, 0.5) is 0 Å². The zero-order valence-corrected chi connectivity index (χ0v) is 9.99. The summed E-state index contributed by atoms with van der Waals surface area (Å²) in [6.07, 6.45) is 5.01. The lowest BCUT2D eigenvalue weighted by Gasteiger charge is -2.25. The molecule has 16 heavy (non-hydrogen) atoms. The van der Waals surface area contributed by atoms with Crippen LogP contribution in [0.5, 0.6) is 5.75 Å². The summed E-state index contributed by atoms with van der Waals surface area (Å²) in [7, 11) is 0. The molecule has 88 valence electrons. The van der Waals surface area contributed by atoms with Gasteiger partial charge in [0.25, 0.3) is 0 Å². The summed E-state index contributed by atoms with van der Waals surface area (Å²) >= 11 is 0. The van der Waals surface area contributed by atoms with E-state index in [-0.39, 0.29) is 6.04 Å². The van der Waals surface area contributed by atoms with E-state index in [2.05, 4.69) is 19.1 Å². The minimum absolute atomic E-state index is 0.153. The SMILES string of the molecule is CC[C@@H](N)c1ccc(OCC2CCC2)cc1. The maximum absolute atomic E-state index is 5.96. The summed E-state index contributed by atoms with van der Waals surface area (Å²) in [5.74, 6) is 1.76. The van der Waals surface area contributed by atoms with Crippen LogP contribution >= 0.6 is 0 Å². The first-order chi connectivity index (χ1) is 7.79. The van der Waals surface area contributed by atoms with Gasteiger partial charge in [-0.1, -0.05) is 25.5 Å². The third kappa shape index (κ3) is 2.76. The van der Waals surface area contributed by atoms with Gasteiger partial charge >= 0.3 is 0 Å². The highest BCUT2D eigenvalue weighted by Crippen LogP contribution is 2.27. The molecular formula is C14H21NO. The van der Waals surface area contributed by atoms with Gasteiger partial charge in [0.15, 0.2) is 0 Å². The van der Waals surface area contributed by atoms with E-state index in [4.69, 9.17) is 10.5 Å². The second-order valence-electron chi connectivity index (χ2n) is 4.69. The van der Waals surface area contributed by atoms with Crippen LogP contribution in [0.2, 0.25) is 0 Å². The van der Waals surface area contributed by atoms with Crippen molar-refractivity contribution in [1.29, 1.82) is 0 Å². The van der Waals surface area contributed by atoms with Gasteiger partial charge in [-0.2, -0.15) is 0 Å². The highest BCUT2D eigenvalue weighted by molar-refractivity contribution is 5.29. The molecule has 1 aromatic carbocycles. The summed E-state index contributed by atoms with van der Waals surface area (Å²) in [4.78, 5) is 0. The lowest BCUT2D eigenvalue weighted by Crippen LogP contribution is -2.19. The molecule has 2 heteroatoms. The van der Waals surface area contributed by atoms with E-state index in [1.165, 1.54) is 24.8 Å². The van der Waals surface area contributed by atoms with Gasteiger partial charge in [0.1, 0.15) is 5.75 Å². The van der Waals surface area contributed by atoms with Crippen LogP contribution < -0.4 is 10.5 Å². The lowest BCUT2D eigenvalue weighted by atomic mass is 9.86. The van der Waals surface area contributed by atoms with E-state index in [0.717, 1.165) is 24.7 Å². The largest absolute Gasteiger partial charge is 0.493 e. The first kappa shape index (κ1) is 11.5. The summed E-state index contributed by atoms with van der Waals surface area (Å²) in [5, 5.41) is 0. The monoisotopic (exact) mass is 219 g/mol. The molecule has 0 spiro atoms. The molecule has 1 saturated carbocycles. The molecule has 0 radical (unpaired) electrons. The van der Waals surface area contributed by atoms with Crippen LogP contribution in [0.1, 0.15) is 44.2 Å². The van der Waals surface area contributed by atoms with Gasteiger partial charge in [-0.05, 0) is 42.9 Å². The number of nitrogens with two attached hydrogens (primary N) is 1. The molecule has 1 aromatic rings. The Morgan fingerprint density at radius 3 is 2.50 bits per heavy atom. The summed E-state index contributed by atoms with van der Waals surface area (Å²) in [6, 6.07) is 8.36. The Bertz CT molecular complexity index is 316. The predicted octanol–water partition coefficient (Wildman–Crippen LogP) is 3.28. The van der Waals surface area contributed by atoms with Crippen molar-refractivity contribution in [2.24, 2.45) is 11.7 Å². The van der Waals surface area contributed by atoms with Gasteiger partial charge in [0.2, 0.25) is 0 Å². The van der Waals surface area contributed by atoms with E-state index >= 15 is 0 Å². The van der Waals surface area contributed by atoms with Crippen molar-refractivity contribution in [2.75, 3.05) is 6.61 Å². The quantitative estimate of drug-likeness (QED) is 0.824. The minimum atomic E-state index is 0.153. The van der Waals surface area contributed by atoms with E-state index in [1.54, 1.807) is 0 Å². The van der Waals surface area contributed by atoms with E-state index in [9.17, 15) is 0 Å². The summed E-state index contributed by atoms with van der Waals surface area (Å²) in [5.41, 5.74) is 7.15. The average Bonchev–Trinajstić information content (AvgIpc) is 2.27. The molecule has 1 fully saturated rings. The second kappa shape index (κ2) is 5.35. The number of ether oxygens (including phenoxy) is 1. The first-order valence-corrected chi connectivity index (χ1v) is 6.28. The zero-order chi connectivity index (χ0) is 11.4. The Hall–Kier alpha value is -1.02. The molecule has 0 saturated heterocycles. The van der Waals surface area contributed by atoms with Crippen molar-refractivity contribution in [1.82, 2.24) is 0 Å². The Balaban J connectivity index is 1.85. The van der Waals surface area contributed by atoms with Crippen LogP contribution in [0.15, 0.2) is 24.3 Å². The smallest absolute Gasteiger partial charge is 0.119 e. The van der Waals surface area contributed by atoms with Crippen molar-refractivity contribution >= 4 is 0 Å². The molecule has 1 atom stereocenters. The predicted molar refractivity (Wildman–Crippen MR) is 66.5 cm³/mol. The van der Waals surface area contributed by atoms with Crippen LogP contribution in [0, 0.1) is 5.92 Å². The minimum Gasteiger partial charge on any atom is -0.493 e. The topological polar surface area (TPSA) is 35.2 Å². The number of hydrogen-bond donors (Lipinski definition) is 1. The fraction of sp³-hybridized carbons (Fsp3) is 0.571. The molecule has 0 unspecified atom stereocenters. The number of benzene rings is 1. The second-order valence-corrected chi connectivity index (χ2v) is 4.69. The molecule has 0 aliphatic heterocycles. The van der Waals surface area contributed by atoms with Crippen molar-refractivity contribution in [3.63, 3.8) is 0 Å². The molecule has 0 bridgehead atoms. The van der Waals surface area contributed by atoms with Crippen molar-refractivity contribution in [2.45, 2.75) is 38.6 Å². The van der Waals surface area contributed by atoms with Crippen LogP contribution in [-0.4, -0.2) is 6.61 Å². The first-order valence-electron chi connectivity index (χ1n) is 6.28. The van der Waals surface area contributed by atoms with E-state index in [1.807, 2.05) is 12.1 Å². The molecule has 2 rings (SSSR count). The summed E-state index contributed by atoms with van der Waals surface area (Å²) < 4.78 is 5.74. The van der Waals surface area contributed by atoms with Crippen LogP contribution in [0.25, 0.3) is 0 Å². The maximum Gasteiger partial charge on any atom is 0.119 e. The average molecular weight is 219 g/mol. The molecule has 2 nitrogen and oxygen atoms in total. The molecular weight excluding hydrogens is 198 g/mol. The van der Waals surface area contributed by atoms with Crippen molar-refractivity contribution < 1.29 is 4.74 Å². The van der Waals surface area contributed by atoms with Crippen LogP contribution in [0.3, 0.4) is 0 Å². The van der Waals surface area contributed by atoms with Gasteiger partial charge in [-0.15, -0.1) is 0 Å². The van der Waals surface area contributed by atoms with Gasteiger partial charge in [-0.25, -0.2) is 0 Å². The Morgan fingerprint density at radius 1 is 1.31 bits per heavy atom. The fourth-order valence-electron chi connectivity index (χ4n) is 1.92. The highest BCUT2D eigenvalue weighted by atomic mass is 16.5. The lowest BCUT2D eigenvalue weighted by molar-refractivity contribution is 0.180. The third-order valence-electron chi connectivity index (χ3n) is 3.46. The van der Waals surface area contributed by atoms with Gasteiger partial charge in [0.05, 0.1) is 6.61 Å². The van der Waals surface area contributed by atoms with Crippen LogP contribution in [-0.2, 0) is 0 Å². The third-order valence-corrected chi connectivity index (χ3v) is 3.46. The number of rotatable bonds is 5. The molecule has 1 aliphatic carbocycles. The van der Waals surface area contributed by atoms with Crippen molar-refractivity contribution in [3.05, 3.63) is 29.8 Å². The molecule has 2 N–H and O–H groups in total. The number of hydrogen-bond acceptors (Lipinski definition) is 2. The Kier molecular flexibility index (Phi) is 3.83. The maximum atomic E-state index is 5.96. The van der Waals surface area contributed by atoms with E-state index in [0.29, 0.717) is 0 Å². The molecule has 0 heterocycles. The fourth-order valence-corrected chi connectivity index (χ4v) is 1.92. The van der Waals surface area contributed by atoms with E-state index < -0.39 is 0 Å². The zero-order valence-electron chi connectivity index (χ0n) is 9.99. The normalized spacial score (nSPS) is 17.9. The van der Waals surface area contributed by atoms with Gasteiger partial charge in [-0.3, -0.25) is 0 Å².